The third-order valence-corrected chi connectivity index (χ3v) is 3.43. The smallest absolute Gasteiger partial charge is 0.107 e. The monoisotopic (exact) mass is 205 g/mol. The summed E-state index contributed by atoms with van der Waals surface area (Å²) >= 11 is 0. The largest absolute Gasteiger partial charge is 0.412 e. The van der Waals surface area contributed by atoms with Crippen molar-refractivity contribution in [3.63, 3.8) is 0 Å². The molecule has 1 unspecified atom stereocenters. The Morgan fingerprint density at radius 2 is 2.33 bits per heavy atom. The molecule has 0 amide bonds. The lowest BCUT2D eigenvalue weighted by Crippen LogP contribution is -1.86. The predicted molar refractivity (Wildman–Crippen MR) is 53.0 cm³/mol. The van der Waals surface area contributed by atoms with Crippen molar-refractivity contribution >= 4 is 21.6 Å². The summed E-state index contributed by atoms with van der Waals surface area (Å²) < 4.78 is 0. The second-order valence-electron chi connectivity index (χ2n) is 1.97. The van der Waals surface area contributed by atoms with Crippen LogP contribution >= 0.6 is 21.6 Å². The first kappa shape index (κ1) is 11.8. The Hall–Kier alpha value is -0.230. The van der Waals surface area contributed by atoms with Crippen LogP contribution in [0.5, 0.6) is 0 Å². The van der Waals surface area contributed by atoms with Crippen molar-refractivity contribution in [1.82, 2.24) is 4.98 Å². The highest BCUT2D eigenvalue weighted by molar-refractivity contribution is 8.76. The second-order valence-corrected chi connectivity index (χ2v) is 4.56. The normalized spacial score (nSPS) is 11.8. The van der Waals surface area contributed by atoms with Crippen LogP contribution in [0.25, 0.3) is 0 Å². The van der Waals surface area contributed by atoms with E-state index in [-0.39, 0.29) is 10.9 Å². The molecule has 3 nitrogen and oxygen atoms in total. The molecule has 68 valence electrons. The standard InChI is InChI=1S/C7H9NOS2.H2O/c1-6(9)10-11-7-3-2-4-8-5-7;/h2-6,9H,1H3;1H2. The minimum Gasteiger partial charge on any atom is -0.412 e. The Morgan fingerprint density at radius 3 is 2.83 bits per heavy atom. The van der Waals surface area contributed by atoms with Gasteiger partial charge in [0.25, 0.3) is 0 Å². The van der Waals surface area contributed by atoms with Crippen LogP contribution in [0.2, 0.25) is 0 Å². The van der Waals surface area contributed by atoms with Crippen molar-refractivity contribution in [3.05, 3.63) is 24.5 Å². The van der Waals surface area contributed by atoms with Gasteiger partial charge in [-0.3, -0.25) is 4.98 Å². The summed E-state index contributed by atoms with van der Waals surface area (Å²) in [6.07, 6.45) is 3.51. The summed E-state index contributed by atoms with van der Waals surface area (Å²) in [6.45, 7) is 1.74. The van der Waals surface area contributed by atoms with E-state index in [2.05, 4.69) is 4.98 Å². The van der Waals surface area contributed by atoms with E-state index in [1.807, 2.05) is 12.1 Å². The molecule has 0 fully saturated rings. The highest BCUT2D eigenvalue weighted by Gasteiger charge is 1.97. The summed E-state index contributed by atoms with van der Waals surface area (Å²) in [6, 6.07) is 3.85. The molecule has 1 aromatic rings. The van der Waals surface area contributed by atoms with E-state index >= 15 is 0 Å². The van der Waals surface area contributed by atoms with Crippen molar-refractivity contribution < 1.29 is 10.6 Å². The molecule has 0 aliphatic rings. The molecule has 0 aromatic carbocycles. The molecule has 0 saturated carbocycles. The molecule has 0 bridgehead atoms. The van der Waals surface area contributed by atoms with Crippen LogP contribution < -0.4 is 0 Å². The van der Waals surface area contributed by atoms with Crippen molar-refractivity contribution in [2.75, 3.05) is 0 Å². The number of nitrogens with zero attached hydrogens (tertiary/aromatic N) is 1. The third kappa shape index (κ3) is 4.61. The molecular weight excluding hydrogens is 194 g/mol. The summed E-state index contributed by atoms with van der Waals surface area (Å²) in [5.74, 6) is 0. The highest BCUT2D eigenvalue weighted by Crippen LogP contribution is 2.32. The van der Waals surface area contributed by atoms with E-state index in [1.54, 1.807) is 19.3 Å². The van der Waals surface area contributed by atoms with Gasteiger partial charge < -0.3 is 10.6 Å². The molecule has 1 rings (SSSR count). The Labute approximate surface area is 79.3 Å². The lowest BCUT2D eigenvalue weighted by Gasteiger charge is -2.01. The van der Waals surface area contributed by atoms with Crippen LogP contribution in [-0.2, 0) is 0 Å². The zero-order valence-electron chi connectivity index (χ0n) is 6.60. The van der Waals surface area contributed by atoms with Gasteiger partial charge in [0.1, 0.15) is 5.44 Å². The van der Waals surface area contributed by atoms with Crippen molar-refractivity contribution in [2.45, 2.75) is 17.3 Å². The SMILES string of the molecule is CC(O)SSc1cccnc1.O. The number of pyridine rings is 1. The molecule has 5 heteroatoms. The Balaban J connectivity index is 0.00000121. The number of hydrogen-bond acceptors (Lipinski definition) is 4. The summed E-state index contributed by atoms with van der Waals surface area (Å²) in [5, 5.41) is 8.94. The maximum atomic E-state index is 8.94. The van der Waals surface area contributed by atoms with Crippen molar-refractivity contribution in [3.8, 4) is 0 Å². The number of rotatable bonds is 3. The van der Waals surface area contributed by atoms with Crippen LogP contribution in [0.3, 0.4) is 0 Å². The van der Waals surface area contributed by atoms with Crippen LogP contribution in [0.1, 0.15) is 6.92 Å². The fourth-order valence-corrected chi connectivity index (χ4v) is 2.06. The van der Waals surface area contributed by atoms with Gasteiger partial charge in [-0.2, -0.15) is 0 Å². The molecule has 1 heterocycles. The van der Waals surface area contributed by atoms with Crippen LogP contribution in [0, 0.1) is 0 Å². The van der Waals surface area contributed by atoms with E-state index in [0.29, 0.717) is 0 Å². The molecular formula is C7H11NO2S2. The topological polar surface area (TPSA) is 64.6 Å². The van der Waals surface area contributed by atoms with Gasteiger partial charge in [0.2, 0.25) is 0 Å². The summed E-state index contributed by atoms with van der Waals surface area (Å²) in [5.41, 5.74) is -0.333. The molecule has 0 aliphatic carbocycles. The minimum atomic E-state index is -0.333. The molecule has 3 N–H and O–H groups in total. The van der Waals surface area contributed by atoms with Gasteiger partial charge in [-0.1, -0.05) is 21.6 Å². The average Bonchev–Trinajstić information content (AvgIpc) is 2.03. The van der Waals surface area contributed by atoms with E-state index in [0.717, 1.165) is 4.90 Å². The first-order chi connectivity index (χ1) is 5.29. The number of hydrogen-bond donors (Lipinski definition) is 1. The third-order valence-electron chi connectivity index (χ3n) is 0.918. The van der Waals surface area contributed by atoms with Gasteiger partial charge in [-0.05, 0) is 19.1 Å². The van der Waals surface area contributed by atoms with Gasteiger partial charge >= 0.3 is 0 Å². The number of aliphatic hydroxyl groups is 1. The Kier molecular flexibility index (Phi) is 6.18. The maximum Gasteiger partial charge on any atom is 0.107 e. The molecule has 0 aliphatic heterocycles. The van der Waals surface area contributed by atoms with Gasteiger partial charge in [0.15, 0.2) is 0 Å². The number of aromatic nitrogens is 1. The Morgan fingerprint density at radius 1 is 1.58 bits per heavy atom. The van der Waals surface area contributed by atoms with Crippen molar-refractivity contribution in [1.29, 1.82) is 0 Å². The lowest BCUT2D eigenvalue weighted by atomic mass is 10.5. The number of aliphatic hydroxyl groups excluding tert-OH is 1. The second kappa shape index (κ2) is 6.30. The summed E-state index contributed by atoms with van der Waals surface area (Å²) in [4.78, 5) is 5.01. The minimum absolute atomic E-state index is 0. The molecule has 0 saturated heterocycles. The first-order valence-electron chi connectivity index (χ1n) is 3.20. The molecule has 0 spiro atoms. The average molecular weight is 205 g/mol. The lowest BCUT2D eigenvalue weighted by molar-refractivity contribution is 0.285. The zero-order valence-corrected chi connectivity index (χ0v) is 8.23. The van der Waals surface area contributed by atoms with E-state index in [4.69, 9.17) is 5.11 Å². The predicted octanol–water partition coefficient (Wildman–Crippen LogP) is 1.34. The van der Waals surface area contributed by atoms with Crippen LogP contribution in [-0.4, -0.2) is 21.0 Å². The Bertz CT molecular complexity index is 206. The van der Waals surface area contributed by atoms with Gasteiger partial charge in [-0.15, -0.1) is 0 Å². The van der Waals surface area contributed by atoms with Gasteiger partial charge in [-0.25, -0.2) is 0 Å². The highest BCUT2D eigenvalue weighted by atomic mass is 33.1. The van der Waals surface area contributed by atoms with Gasteiger partial charge in [0, 0.05) is 17.3 Å². The molecule has 0 radical (unpaired) electrons. The molecule has 1 atom stereocenters. The first-order valence-corrected chi connectivity index (χ1v) is 5.42. The van der Waals surface area contributed by atoms with E-state index in [9.17, 15) is 0 Å². The quantitative estimate of drug-likeness (QED) is 0.597. The molecule has 12 heavy (non-hydrogen) atoms. The van der Waals surface area contributed by atoms with Crippen LogP contribution in [0.15, 0.2) is 29.4 Å². The van der Waals surface area contributed by atoms with Crippen LogP contribution in [0.4, 0.5) is 0 Å². The fraction of sp³-hybridized carbons (Fsp3) is 0.286. The van der Waals surface area contributed by atoms with E-state index < -0.39 is 0 Å². The maximum absolute atomic E-state index is 8.94. The van der Waals surface area contributed by atoms with Crippen molar-refractivity contribution in [2.24, 2.45) is 0 Å². The van der Waals surface area contributed by atoms with E-state index in [1.165, 1.54) is 21.6 Å². The zero-order chi connectivity index (χ0) is 8.10. The fourth-order valence-electron chi connectivity index (χ4n) is 0.522. The molecule has 1 aromatic heterocycles. The van der Waals surface area contributed by atoms with Gasteiger partial charge in [0.05, 0.1) is 0 Å². The summed E-state index contributed by atoms with van der Waals surface area (Å²) in [7, 11) is 2.95.